The van der Waals surface area contributed by atoms with Gasteiger partial charge in [0.25, 0.3) is 23.6 Å². The topological polar surface area (TPSA) is 87.1 Å². The molecule has 2 aromatic carbocycles. The van der Waals surface area contributed by atoms with Crippen molar-refractivity contribution in [2.24, 2.45) is 5.10 Å². The number of carbonyl (C=O) groups excluding carboxylic acids is 4. The number of nitrogens with zero attached hydrogens (tertiary/aromatic N) is 3. The summed E-state index contributed by atoms with van der Waals surface area (Å²) in [6, 6.07) is 10.6. The molecule has 0 bridgehead atoms. The fraction of sp³-hybridized carbons (Fsp3) is 0.292. The molecule has 7 nitrogen and oxygen atoms in total. The fourth-order valence-corrected chi connectivity index (χ4v) is 5.10. The first kappa shape index (κ1) is 21.6. The summed E-state index contributed by atoms with van der Waals surface area (Å²) in [5, 5.41) is 5.07. The van der Waals surface area contributed by atoms with E-state index < -0.39 is 41.3 Å². The molecular formula is C24H19BrFN3O4. The van der Waals surface area contributed by atoms with Crippen LogP contribution in [0.2, 0.25) is 0 Å². The third-order valence-electron chi connectivity index (χ3n) is 6.45. The number of benzene rings is 2. The van der Waals surface area contributed by atoms with Crippen LogP contribution in [0.1, 0.15) is 53.6 Å². The largest absolute Gasteiger partial charge is 0.273 e. The molecule has 2 heterocycles. The summed E-state index contributed by atoms with van der Waals surface area (Å²) in [4.78, 5) is 54.4. The van der Waals surface area contributed by atoms with E-state index in [1.807, 2.05) is 0 Å². The Balaban J connectivity index is 1.61. The van der Waals surface area contributed by atoms with Gasteiger partial charge in [-0.3, -0.25) is 24.1 Å². The molecule has 33 heavy (non-hydrogen) atoms. The molecule has 1 aliphatic carbocycles. The van der Waals surface area contributed by atoms with Crippen molar-refractivity contribution in [3.05, 3.63) is 69.4 Å². The number of fused-ring (bicyclic) bond motifs is 2. The number of imide groups is 2. The normalized spacial score (nSPS) is 22.5. The predicted octanol–water partition coefficient (Wildman–Crippen LogP) is 3.70. The molecule has 1 atom stereocenters. The van der Waals surface area contributed by atoms with Gasteiger partial charge in [0.1, 0.15) is 5.82 Å². The van der Waals surface area contributed by atoms with Gasteiger partial charge in [-0.15, -0.1) is 0 Å². The van der Waals surface area contributed by atoms with Crippen molar-refractivity contribution in [3.8, 4) is 0 Å². The van der Waals surface area contributed by atoms with Crippen LogP contribution in [-0.2, 0) is 26.3 Å². The molecular weight excluding hydrogens is 493 g/mol. The molecule has 1 saturated heterocycles. The minimum atomic E-state index is -1.89. The quantitative estimate of drug-likeness (QED) is 0.464. The molecule has 0 radical (unpaired) electrons. The van der Waals surface area contributed by atoms with Crippen LogP contribution in [0.25, 0.3) is 0 Å². The highest BCUT2D eigenvalue weighted by atomic mass is 79.9. The highest BCUT2D eigenvalue weighted by molar-refractivity contribution is 9.10. The molecule has 4 amide bonds. The van der Waals surface area contributed by atoms with Gasteiger partial charge in [0.15, 0.2) is 5.41 Å². The van der Waals surface area contributed by atoms with E-state index in [2.05, 4.69) is 21.0 Å². The van der Waals surface area contributed by atoms with Crippen LogP contribution in [-0.4, -0.2) is 39.2 Å². The van der Waals surface area contributed by atoms with Crippen molar-refractivity contribution in [1.29, 1.82) is 0 Å². The monoisotopic (exact) mass is 511 g/mol. The van der Waals surface area contributed by atoms with Crippen molar-refractivity contribution >= 4 is 45.3 Å². The lowest BCUT2D eigenvalue weighted by molar-refractivity contribution is -0.146. The molecule has 168 valence electrons. The molecule has 9 heteroatoms. The average molecular weight is 512 g/mol. The van der Waals surface area contributed by atoms with E-state index in [1.165, 1.54) is 24.3 Å². The second-order valence-electron chi connectivity index (χ2n) is 8.44. The van der Waals surface area contributed by atoms with Crippen LogP contribution in [0.5, 0.6) is 0 Å². The Morgan fingerprint density at radius 2 is 1.73 bits per heavy atom. The van der Waals surface area contributed by atoms with E-state index in [0.29, 0.717) is 17.3 Å². The Morgan fingerprint density at radius 1 is 1.00 bits per heavy atom. The molecule has 3 aliphatic rings. The van der Waals surface area contributed by atoms with Crippen molar-refractivity contribution in [2.45, 2.75) is 44.1 Å². The summed E-state index contributed by atoms with van der Waals surface area (Å²) < 4.78 is 15.0. The van der Waals surface area contributed by atoms with E-state index in [1.54, 1.807) is 18.2 Å². The first-order valence-electron chi connectivity index (χ1n) is 10.7. The molecule has 1 spiro atoms. The van der Waals surface area contributed by atoms with Gasteiger partial charge < -0.3 is 0 Å². The average Bonchev–Trinajstić information content (AvgIpc) is 3.40. The van der Waals surface area contributed by atoms with Gasteiger partial charge in [0, 0.05) is 21.3 Å². The van der Waals surface area contributed by atoms with E-state index in [-0.39, 0.29) is 23.2 Å². The number of hydrogen-bond donors (Lipinski definition) is 0. The fourth-order valence-electron chi connectivity index (χ4n) is 4.76. The van der Waals surface area contributed by atoms with E-state index in [0.717, 1.165) is 28.5 Å². The molecule has 0 aromatic heterocycles. The summed E-state index contributed by atoms with van der Waals surface area (Å²) in [5.41, 5.74) is -0.689. The highest BCUT2D eigenvalue weighted by Gasteiger charge is 2.63. The molecule has 2 aliphatic heterocycles. The van der Waals surface area contributed by atoms with Crippen LogP contribution < -0.4 is 0 Å². The number of halogens is 2. The molecule has 1 saturated carbocycles. The maximum Gasteiger partial charge on any atom is 0.270 e. The Labute approximate surface area is 197 Å². The van der Waals surface area contributed by atoms with Crippen LogP contribution in [0, 0.1) is 5.82 Å². The maximum atomic E-state index is 14.5. The van der Waals surface area contributed by atoms with Crippen LogP contribution in [0.3, 0.4) is 0 Å². The second kappa shape index (κ2) is 7.98. The minimum absolute atomic E-state index is 0.120. The number of hydrogen-bond acceptors (Lipinski definition) is 5. The van der Waals surface area contributed by atoms with E-state index >= 15 is 0 Å². The summed E-state index contributed by atoms with van der Waals surface area (Å²) in [7, 11) is 0. The smallest absolute Gasteiger partial charge is 0.270 e. The molecule has 2 fully saturated rings. The Kier molecular flexibility index (Phi) is 5.23. The van der Waals surface area contributed by atoms with Gasteiger partial charge in [-0.1, -0.05) is 40.2 Å². The third-order valence-corrected chi connectivity index (χ3v) is 6.94. The summed E-state index contributed by atoms with van der Waals surface area (Å²) >= 11 is 3.18. The highest BCUT2D eigenvalue weighted by Crippen LogP contribution is 2.44. The first-order valence-corrected chi connectivity index (χ1v) is 11.5. The molecule has 2 aromatic rings. The predicted molar refractivity (Wildman–Crippen MR) is 119 cm³/mol. The van der Waals surface area contributed by atoms with E-state index in [4.69, 9.17) is 0 Å². The first-order chi connectivity index (χ1) is 15.8. The minimum Gasteiger partial charge on any atom is -0.273 e. The summed E-state index contributed by atoms with van der Waals surface area (Å²) in [6.45, 7) is -0.358. The zero-order chi connectivity index (χ0) is 23.3. The summed E-state index contributed by atoms with van der Waals surface area (Å²) in [6.07, 6.45) is 2.83. The zero-order valence-electron chi connectivity index (χ0n) is 17.5. The van der Waals surface area contributed by atoms with Crippen molar-refractivity contribution in [3.63, 3.8) is 0 Å². The summed E-state index contributed by atoms with van der Waals surface area (Å²) in [5.74, 6) is -3.42. The maximum absolute atomic E-state index is 14.5. The number of carbonyl (C=O) groups is 4. The Morgan fingerprint density at radius 3 is 2.45 bits per heavy atom. The van der Waals surface area contributed by atoms with Gasteiger partial charge in [0.2, 0.25) is 0 Å². The van der Waals surface area contributed by atoms with Gasteiger partial charge >= 0.3 is 0 Å². The molecule has 1 unspecified atom stereocenters. The number of hydrazone groups is 1. The molecule has 0 N–H and O–H groups in total. The van der Waals surface area contributed by atoms with E-state index in [9.17, 15) is 23.6 Å². The zero-order valence-corrected chi connectivity index (χ0v) is 19.1. The Bertz CT molecular complexity index is 1250. The van der Waals surface area contributed by atoms with Gasteiger partial charge in [-0.25, -0.2) is 4.39 Å². The van der Waals surface area contributed by atoms with Gasteiger partial charge in [-0.2, -0.15) is 10.1 Å². The second-order valence-corrected chi connectivity index (χ2v) is 9.36. The van der Waals surface area contributed by atoms with Gasteiger partial charge in [-0.05, 0) is 49.4 Å². The lowest BCUT2D eigenvalue weighted by Gasteiger charge is -2.37. The third kappa shape index (κ3) is 3.33. The SMILES string of the molecule is O=C1c2ccccc2C2(CC(=O)N(N=C3CCCC3)C2=O)C(=O)N1Cc1ccc(Br)cc1F. The molecule has 5 rings (SSSR count). The van der Waals surface area contributed by atoms with Crippen molar-refractivity contribution < 1.29 is 23.6 Å². The van der Waals surface area contributed by atoms with Crippen LogP contribution in [0.15, 0.2) is 52.0 Å². The number of amides is 4. The number of rotatable bonds is 3. The lowest BCUT2D eigenvalue weighted by Crippen LogP contribution is -2.57. The Hall–Kier alpha value is -3.20. The van der Waals surface area contributed by atoms with Crippen LogP contribution in [0.4, 0.5) is 4.39 Å². The van der Waals surface area contributed by atoms with Crippen molar-refractivity contribution in [1.82, 2.24) is 9.91 Å². The van der Waals surface area contributed by atoms with Crippen molar-refractivity contribution in [2.75, 3.05) is 0 Å². The van der Waals surface area contributed by atoms with Crippen LogP contribution >= 0.6 is 15.9 Å². The lowest BCUT2D eigenvalue weighted by atomic mass is 9.72. The standard InChI is InChI=1S/C24H19BrFN3O4/c25-15-10-9-14(19(26)11-15)13-28-21(31)17-7-3-4-8-18(17)24(22(28)32)12-20(30)29(23(24)33)27-16-5-1-2-6-16/h3-4,7-11H,1-2,5-6,12-13H2. The van der Waals surface area contributed by atoms with Gasteiger partial charge in [0.05, 0.1) is 13.0 Å².